The maximum absolute atomic E-state index is 3.49. The van der Waals surface area contributed by atoms with Crippen molar-refractivity contribution in [1.29, 1.82) is 0 Å². The molecule has 15 heavy (non-hydrogen) atoms. The van der Waals surface area contributed by atoms with Gasteiger partial charge in [0, 0.05) is 12.5 Å². The fraction of sp³-hybridized carbons (Fsp3) is 0.538. The molecule has 2 unspecified atom stereocenters. The van der Waals surface area contributed by atoms with Crippen LogP contribution >= 0.6 is 15.9 Å². The Balaban J connectivity index is 1.96. The number of hydrogen-bond acceptors (Lipinski definition) is 0. The second-order valence-electron chi connectivity index (χ2n) is 5.92. The van der Waals surface area contributed by atoms with Crippen LogP contribution in [0.3, 0.4) is 0 Å². The van der Waals surface area contributed by atoms with Crippen molar-refractivity contribution in [3.8, 4) is 0 Å². The molecule has 0 saturated heterocycles. The molecule has 0 radical (unpaired) electrons. The van der Waals surface area contributed by atoms with Crippen LogP contribution in [-0.2, 0) is 0 Å². The first kappa shape index (κ1) is 11.4. The van der Waals surface area contributed by atoms with Crippen LogP contribution in [0.15, 0.2) is 28.7 Å². The van der Waals surface area contributed by atoms with Crippen LogP contribution in [0.1, 0.15) is 17.9 Å². The monoisotopic (exact) mass is 282 g/mol. The van der Waals surface area contributed by atoms with E-state index in [1.165, 1.54) is 16.9 Å². The lowest BCUT2D eigenvalue weighted by Gasteiger charge is -2.15. The molecule has 82 valence electrons. The summed E-state index contributed by atoms with van der Waals surface area (Å²) >= 11 is 3.49. The molecule has 0 heterocycles. The second kappa shape index (κ2) is 4.06. The minimum absolute atomic E-state index is 0.853. The molecular formula is C13H19BrSi. The molecule has 1 aromatic carbocycles. The standard InChI is InChI=1S/C13H19BrSi/c1-15(2,3)9-11-8-13(11)10-4-6-12(14)7-5-10/h4-7,11,13H,8-9H2,1-3H3. The van der Waals surface area contributed by atoms with Gasteiger partial charge in [0.05, 0.1) is 0 Å². The zero-order chi connectivity index (χ0) is 11.1. The van der Waals surface area contributed by atoms with Crippen LogP contribution in [0.25, 0.3) is 0 Å². The summed E-state index contributed by atoms with van der Waals surface area (Å²) in [6.07, 6.45) is 1.42. The maximum atomic E-state index is 3.49. The Labute approximate surface area is 102 Å². The predicted octanol–water partition coefficient (Wildman–Crippen LogP) is 4.89. The molecule has 1 aromatic rings. The van der Waals surface area contributed by atoms with Crippen LogP contribution in [0.2, 0.25) is 25.7 Å². The van der Waals surface area contributed by atoms with Gasteiger partial charge in [0.2, 0.25) is 0 Å². The molecular weight excluding hydrogens is 264 g/mol. The van der Waals surface area contributed by atoms with E-state index in [1.807, 2.05) is 0 Å². The minimum Gasteiger partial charge on any atom is -0.0695 e. The highest BCUT2D eigenvalue weighted by Crippen LogP contribution is 2.51. The topological polar surface area (TPSA) is 0 Å². The molecule has 0 aliphatic heterocycles. The highest BCUT2D eigenvalue weighted by molar-refractivity contribution is 9.10. The predicted molar refractivity (Wildman–Crippen MR) is 73.1 cm³/mol. The van der Waals surface area contributed by atoms with Crippen molar-refractivity contribution >= 4 is 24.0 Å². The molecule has 1 aliphatic carbocycles. The largest absolute Gasteiger partial charge is 0.0695 e. The third-order valence-corrected chi connectivity index (χ3v) is 5.37. The van der Waals surface area contributed by atoms with E-state index in [0.717, 1.165) is 11.8 Å². The highest BCUT2D eigenvalue weighted by atomic mass is 79.9. The van der Waals surface area contributed by atoms with Crippen LogP contribution in [0.5, 0.6) is 0 Å². The zero-order valence-electron chi connectivity index (χ0n) is 9.76. The van der Waals surface area contributed by atoms with E-state index in [0.29, 0.717) is 0 Å². The lowest BCUT2D eigenvalue weighted by molar-refractivity contribution is 0.890. The van der Waals surface area contributed by atoms with Gasteiger partial charge in [0.1, 0.15) is 0 Å². The van der Waals surface area contributed by atoms with Crippen molar-refractivity contribution in [2.45, 2.75) is 38.0 Å². The van der Waals surface area contributed by atoms with Crippen molar-refractivity contribution in [2.75, 3.05) is 0 Å². The average Bonchev–Trinajstić information content (AvgIpc) is 2.82. The van der Waals surface area contributed by atoms with Gasteiger partial charge in [-0.15, -0.1) is 0 Å². The Morgan fingerprint density at radius 2 is 1.80 bits per heavy atom. The first-order chi connectivity index (χ1) is 6.96. The Bertz CT molecular complexity index is 337. The van der Waals surface area contributed by atoms with Crippen LogP contribution in [0, 0.1) is 5.92 Å². The van der Waals surface area contributed by atoms with Crippen LogP contribution in [0.4, 0.5) is 0 Å². The van der Waals surface area contributed by atoms with Crippen molar-refractivity contribution in [3.05, 3.63) is 34.3 Å². The summed E-state index contributed by atoms with van der Waals surface area (Å²) in [7, 11) is -0.853. The van der Waals surface area contributed by atoms with Gasteiger partial charge < -0.3 is 0 Å². The van der Waals surface area contributed by atoms with Gasteiger partial charge in [-0.3, -0.25) is 0 Å². The van der Waals surface area contributed by atoms with Gasteiger partial charge in [0.15, 0.2) is 0 Å². The number of rotatable bonds is 3. The Kier molecular flexibility index (Phi) is 3.09. The first-order valence-corrected chi connectivity index (χ1v) is 10.2. The van der Waals surface area contributed by atoms with Crippen LogP contribution in [-0.4, -0.2) is 8.07 Å². The third-order valence-electron chi connectivity index (χ3n) is 3.10. The summed E-state index contributed by atoms with van der Waals surface area (Å²) in [5, 5.41) is 0. The number of benzene rings is 1. The van der Waals surface area contributed by atoms with E-state index < -0.39 is 8.07 Å². The molecule has 0 N–H and O–H groups in total. The van der Waals surface area contributed by atoms with Gasteiger partial charge in [-0.05, 0) is 36.0 Å². The molecule has 0 nitrogen and oxygen atoms in total. The average molecular weight is 283 g/mol. The summed E-state index contributed by atoms with van der Waals surface area (Å²) in [5.74, 6) is 1.85. The quantitative estimate of drug-likeness (QED) is 0.693. The summed E-state index contributed by atoms with van der Waals surface area (Å²) in [5.41, 5.74) is 1.54. The molecule has 2 heteroatoms. The van der Waals surface area contributed by atoms with Gasteiger partial charge in [-0.1, -0.05) is 53.7 Å². The molecule has 1 aliphatic rings. The molecule has 2 rings (SSSR count). The van der Waals surface area contributed by atoms with Crippen molar-refractivity contribution in [3.63, 3.8) is 0 Å². The SMILES string of the molecule is C[Si](C)(C)CC1CC1c1ccc(Br)cc1. The van der Waals surface area contributed by atoms with Crippen molar-refractivity contribution in [2.24, 2.45) is 5.92 Å². The fourth-order valence-corrected chi connectivity index (χ4v) is 4.67. The second-order valence-corrected chi connectivity index (χ2v) is 12.4. The molecule has 1 fully saturated rings. The normalized spacial score (nSPS) is 25.3. The molecule has 0 bridgehead atoms. The number of hydrogen-bond donors (Lipinski definition) is 0. The van der Waals surface area contributed by atoms with Crippen LogP contribution < -0.4 is 0 Å². The lowest BCUT2D eigenvalue weighted by atomic mass is 10.1. The Morgan fingerprint density at radius 3 is 2.33 bits per heavy atom. The van der Waals surface area contributed by atoms with E-state index in [-0.39, 0.29) is 0 Å². The van der Waals surface area contributed by atoms with E-state index in [1.54, 1.807) is 5.56 Å². The van der Waals surface area contributed by atoms with Gasteiger partial charge in [-0.25, -0.2) is 0 Å². The molecule has 0 aromatic heterocycles. The Hall–Kier alpha value is -0.0831. The summed E-state index contributed by atoms with van der Waals surface area (Å²) < 4.78 is 1.19. The van der Waals surface area contributed by atoms with E-state index in [2.05, 4.69) is 59.8 Å². The van der Waals surface area contributed by atoms with Gasteiger partial charge in [0.25, 0.3) is 0 Å². The fourth-order valence-electron chi connectivity index (χ4n) is 2.38. The smallest absolute Gasteiger partial charge is 0.0445 e. The lowest BCUT2D eigenvalue weighted by Crippen LogP contribution is -2.20. The maximum Gasteiger partial charge on any atom is 0.0445 e. The zero-order valence-corrected chi connectivity index (χ0v) is 12.3. The highest BCUT2D eigenvalue weighted by Gasteiger charge is 2.40. The summed E-state index contributed by atoms with van der Waals surface area (Å²) in [6.45, 7) is 7.43. The third kappa shape index (κ3) is 3.18. The first-order valence-electron chi connectivity index (χ1n) is 5.71. The minimum atomic E-state index is -0.853. The van der Waals surface area contributed by atoms with E-state index in [9.17, 15) is 0 Å². The van der Waals surface area contributed by atoms with E-state index >= 15 is 0 Å². The van der Waals surface area contributed by atoms with E-state index in [4.69, 9.17) is 0 Å². The molecule has 0 spiro atoms. The van der Waals surface area contributed by atoms with Gasteiger partial charge >= 0.3 is 0 Å². The summed E-state index contributed by atoms with van der Waals surface area (Å²) in [4.78, 5) is 0. The Morgan fingerprint density at radius 1 is 1.20 bits per heavy atom. The molecule has 1 saturated carbocycles. The van der Waals surface area contributed by atoms with Crippen molar-refractivity contribution < 1.29 is 0 Å². The van der Waals surface area contributed by atoms with Crippen molar-refractivity contribution in [1.82, 2.24) is 0 Å². The number of halogens is 1. The van der Waals surface area contributed by atoms with Gasteiger partial charge in [-0.2, -0.15) is 0 Å². The summed E-state index contributed by atoms with van der Waals surface area (Å²) in [6, 6.07) is 10.4. The molecule has 2 atom stereocenters. The molecule has 0 amide bonds.